The first kappa shape index (κ1) is 12.6. The van der Waals surface area contributed by atoms with Crippen LogP contribution in [0.3, 0.4) is 0 Å². The number of aliphatic hydroxyl groups excluding tert-OH is 1. The molecule has 94 valence electrons. The average molecular weight is 233 g/mol. The summed E-state index contributed by atoms with van der Waals surface area (Å²) in [7, 11) is 0. The Morgan fingerprint density at radius 3 is 2.59 bits per heavy atom. The Labute approximate surface area is 104 Å². The molecule has 1 heterocycles. The van der Waals surface area contributed by atoms with Crippen LogP contribution in [0.15, 0.2) is 30.3 Å². The van der Waals surface area contributed by atoms with E-state index in [1.165, 1.54) is 24.9 Å². The Bertz CT molecular complexity index is 351. The largest absolute Gasteiger partial charge is 0.395 e. The molecule has 2 heteroatoms. The molecule has 17 heavy (non-hydrogen) atoms. The number of nitrogens with zero attached hydrogens (tertiary/aromatic N) is 1. The third-order valence-electron chi connectivity index (χ3n) is 4.06. The highest BCUT2D eigenvalue weighted by molar-refractivity contribution is 5.25. The highest BCUT2D eigenvalue weighted by Gasteiger charge is 2.31. The zero-order valence-corrected chi connectivity index (χ0v) is 10.9. The zero-order chi connectivity index (χ0) is 12.3. The van der Waals surface area contributed by atoms with E-state index in [4.69, 9.17) is 0 Å². The van der Waals surface area contributed by atoms with Crippen LogP contribution in [0.5, 0.6) is 0 Å². The van der Waals surface area contributed by atoms with Gasteiger partial charge in [0, 0.05) is 18.0 Å². The molecule has 0 amide bonds. The van der Waals surface area contributed by atoms with Gasteiger partial charge in [0.15, 0.2) is 0 Å². The van der Waals surface area contributed by atoms with Crippen LogP contribution >= 0.6 is 0 Å². The molecule has 0 bridgehead atoms. The van der Waals surface area contributed by atoms with Gasteiger partial charge in [0.1, 0.15) is 0 Å². The second-order valence-electron chi connectivity index (χ2n) is 5.55. The maximum Gasteiger partial charge on any atom is 0.0537 e. The lowest BCUT2D eigenvalue weighted by molar-refractivity contribution is 0.140. The SMILES string of the molecule is CC1CCCN1CC(C)(CO)c1ccccc1. The maximum absolute atomic E-state index is 9.76. The summed E-state index contributed by atoms with van der Waals surface area (Å²) in [5.41, 5.74) is 1.10. The molecule has 2 unspecified atom stereocenters. The molecule has 0 saturated carbocycles. The van der Waals surface area contributed by atoms with E-state index in [1.54, 1.807) is 0 Å². The predicted octanol–water partition coefficient (Wildman–Crippen LogP) is 2.42. The molecule has 0 spiro atoms. The third kappa shape index (κ3) is 2.70. The Hall–Kier alpha value is -0.860. The average Bonchev–Trinajstić information content (AvgIpc) is 2.76. The number of benzene rings is 1. The fourth-order valence-corrected chi connectivity index (χ4v) is 2.75. The molecule has 0 aliphatic carbocycles. The second-order valence-corrected chi connectivity index (χ2v) is 5.55. The van der Waals surface area contributed by atoms with Crippen LogP contribution in [-0.4, -0.2) is 35.7 Å². The van der Waals surface area contributed by atoms with Crippen molar-refractivity contribution in [2.75, 3.05) is 19.7 Å². The van der Waals surface area contributed by atoms with Gasteiger partial charge in [-0.2, -0.15) is 0 Å². The van der Waals surface area contributed by atoms with E-state index in [-0.39, 0.29) is 12.0 Å². The molecule has 1 saturated heterocycles. The first-order chi connectivity index (χ1) is 8.15. The summed E-state index contributed by atoms with van der Waals surface area (Å²) in [4.78, 5) is 2.50. The first-order valence-electron chi connectivity index (χ1n) is 6.56. The van der Waals surface area contributed by atoms with Gasteiger partial charge in [-0.1, -0.05) is 37.3 Å². The van der Waals surface area contributed by atoms with E-state index in [9.17, 15) is 5.11 Å². The van der Waals surface area contributed by atoms with E-state index in [2.05, 4.69) is 43.0 Å². The summed E-state index contributed by atoms with van der Waals surface area (Å²) in [6.07, 6.45) is 2.58. The standard InChI is InChI=1S/C15H23NO/c1-13-7-6-10-16(13)11-15(2,12-17)14-8-4-3-5-9-14/h3-5,8-9,13,17H,6-7,10-12H2,1-2H3. The van der Waals surface area contributed by atoms with Gasteiger partial charge >= 0.3 is 0 Å². The van der Waals surface area contributed by atoms with Crippen molar-refractivity contribution in [3.05, 3.63) is 35.9 Å². The van der Waals surface area contributed by atoms with Gasteiger partial charge in [-0.05, 0) is 31.9 Å². The lowest BCUT2D eigenvalue weighted by Gasteiger charge is -2.34. The van der Waals surface area contributed by atoms with Crippen molar-refractivity contribution >= 4 is 0 Å². The molecular weight excluding hydrogens is 210 g/mol. The van der Waals surface area contributed by atoms with Gasteiger partial charge < -0.3 is 5.11 Å². The van der Waals surface area contributed by atoms with Crippen molar-refractivity contribution in [3.8, 4) is 0 Å². The quantitative estimate of drug-likeness (QED) is 0.863. The molecule has 1 aromatic rings. The molecule has 2 nitrogen and oxygen atoms in total. The van der Waals surface area contributed by atoms with E-state index in [1.807, 2.05) is 6.07 Å². The molecule has 2 rings (SSSR count). The zero-order valence-electron chi connectivity index (χ0n) is 10.9. The molecule has 1 aliphatic heterocycles. The summed E-state index contributed by atoms with van der Waals surface area (Å²) in [6, 6.07) is 11.0. The maximum atomic E-state index is 9.76. The lowest BCUT2D eigenvalue weighted by atomic mass is 9.82. The van der Waals surface area contributed by atoms with Crippen LogP contribution in [0.2, 0.25) is 0 Å². The van der Waals surface area contributed by atoms with Crippen molar-refractivity contribution in [1.29, 1.82) is 0 Å². The highest BCUT2D eigenvalue weighted by Crippen LogP contribution is 2.28. The smallest absolute Gasteiger partial charge is 0.0537 e. The minimum absolute atomic E-state index is 0.139. The topological polar surface area (TPSA) is 23.5 Å². The van der Waals surface area contributed by atoms with Crippen LogP contribution < -0.4 is 0 Å². The number of rotatable bonds is 4. The molecule has 1 aromatic carbocycles. The number of likely N-dealkylation sites (tertiary alicyclic amines) is 1. The van der Waals surface area contributed by atoms with Crippen LogP contribution in [0, 0.1) is 0 Å². The predicted molar refractivity (Wildman–Crippen MR) is 71.1 cm³/mol. The second kappa shape index (κ2) is 5.19. The number of hydrogen-bond donors (Lipinski definition) is 1. The summed E-state index contributed by atoms with van der Waals surface area (Å²) in [5, 5.41) is 9.76. The van der Waals surface area contributed by atoms with Crippen LogP contribution in [0.25, 0.3) is 0 Å². The van der Waals surface area contributed by atoms with Crippen molar-refractivity contribution in [1.82, 2.24) is 4.90 Å². The van der Waals surface area contributed by atoms with Crippen molar-refractivity contribution in [2.24, 2.45) is 0 Å². The lowest BCUT2D eigenvalue weighted by Crippen LogP contribution is -2.42. The third-order valence-corrected chi connectivity index (χ3v) is 4.06. The first-order valence-corrected chi connectivity index (χ1v) is 6.56. The van der Waals surface area contributed by atoms with Gasteiger partial charge in [0.2, 0.25) is 0 Å². The van der Waals surface area contributed by atoms with Crippen LogP contribution in [0.4, 0.5) is 0 Å². The molecule has 1 fully saturated rings. The summed E-state index contributed by atoms with van der Waals surface area (Å²) >= 11 is 0. The van der Waals surface area contributed by atoms with Crippen LogP contribution in [-0.2, 0) is 5.41 Å². The summed E-state index contributed by atoms with van der Waals surface area (Å²) in [5.74, 6) is 0. The normalized spacial score (nSPS) is 24.8. The molecule has 0 radical (unpaired) electrons. The van der Waals surface area contributed by atoms with Gasteiger partial charge in [0.05, 0.1) is 6.61 Å². The molecular formula is C15H23NO. The number of aliphatic hydroxyl groups is 1. The van der Waals surface area contributed by atoms with Gasteiger partial charge in [-0.15, -0.1) is 0 Å². The fourth-order valence-electron chi connectivity index (χ4n) is 2.75. The Morgan fingerprint density at radius 2 is 2.06 bits per heavy atom. The van der Waals surface area contributed by atoms with E-state index >= 15 is 0 Å². The van der Waals surface area contributed by atoms with Crippen LogP contribution in [0.1, 0.15) is 32.3 Å². The summed E-state index contributed by atoms with van der Waals surface area (Å²) in [6.45, 7) is 6.78. The minimum atomic E-state index is -0.139. The van der Waals surface area contributed by atoms with Gasteiger partial charge in [0.25, 0.3) is 0 Å². The van der Waals surface area contributed by atoms with E-state index < -0.39 is 0 Å². The summed E-state index contributed by atoms with van der Waals surface area (Å²) < 4.78 is 0. The van der Waals surface area contributed by atoms with Gasteiger partial charge in [-0.3, -0.25) is 4.90 Å². The molecule has 2 atom stereocenters. The van der Waals surface area contributed by atoms with E-state index in [0.29, 0.717) is 6.04 Å². The minimum Gasteiger partial charge on any atom is -0.395 e. The molecule has 1 N–H and O–H groups in total. The number of hydrogen-bond acceptors (Lipinski definition) is 2. The Balaban J connectivity index is 2.14. The Morgan fingerprint density at radius 1 is 1.35 bits per heavy atom. The van der Waals surface area contributed by atoms with Crippen molar-refractivity contribution in [3.63, 3.8) is 0 Å². The van der Waals surface area contributed by atoms with Gasteiger partial charge in [-0.25, -0.2) is 0 Å². The van der Waals surface area contributed by atoms with Crippen molar-refractivity contribution in [2.45, 2.75) is 38.1 Å². The van der Waals surface area contributed by atoms with E-state index in [0.717, 1.165) is 6.54 Å². The monoisotopic (exact) mass is 233 g/mol. The Kier molecular flexibility index (Phi) is 3.85. The fraction of sp³-hybridized carbons (Fsp3) is 0.600. The highest BCUT2D eigenvalue weighted by atomic mass is 16.3. The molecule has 0 aromatic heterocycles. The molecule has 1 aliphatic rings. The van der Waals surface area contributed by atoms with Crippen molar-refractivity contribution < 1.29 is 5.11 Å².